The van der Waals surface area contributed by atoms with Crippen LogP contribution < -0.4 is 5.32 Å². The molecule has 1 heterocycles. The maximum atomic E-state index is 3.93. The summed E-state index contributed by atoms with van der Waals surface area (Å²) in [6.07, 6.45) is 0. The molecule has 8 rings (SSSR count). The van der Waals surface area contributed by atoms with Crippen LogP contribution in [-0.2, 0) is 5.41 Å². The molecule has 0 bridgehead atoms. The average Bonchev–Trinajstić information content (AvgIpc) is 3.53. The number of hydrogen-bond acceptors (Lipinski definition) is 2. The van der Waals surface area contributed by atoms with Gasteiger partial charge < -0.3 is 5.32 Å². The van der Waals surface area contributed by atoms with E-state index in [1.807, 2.05) is 11.3 Å². The maximum Gasteiger partial charge on any atom is 0.0733 e. The molecule has 1 N–H and O–H groups in total. The van der Waals surface area contributed by atoms with Crippen LogP contribution >= 0.6 is 11.3 Å². The van der Waals surface area contributed by atoms with E-state index in [2.05, 4.69) is 151 Å². The van der Waals surface area contributed by atoms with Gasteiger partial charge in [-0.25, -0.2) is 0 Å². The van der Waals surface area contributed by atoms with Crippen molar-refractivity contribution in [1.82, 2.24) is 0 Å². The molecule has 1 aromatic heterocycles. The van der Waals surface area contributed by atoms with Crippen LogP contribution in [-0.4, -0.2) is 0 Å². The summed E-state index contributed by atoms with van der Waals surface area (Å²) in [5, 5.41) is 6.52. The SMILES string of the molecule is c1ccc(C2(c3ccccc3Nc3cccc4sc5ccccc5c34)c3ccccc3-c3ccccc32)cc1. The second kappa shape index (κ2) is 8.69. The van der Waals surface area contributed by atoms with Gasteiger partial charge in [-0.3, -0.25) is 0 Å². The van der Waals surface area contributed by atoms with Gasteiger partial charge in [0.05, 0.1) is 5.41 Å². The molecule has 0 aliphatic heterocycles. The second-order valence-electron chi connectivity index (χ2n) is 10.2. The zero-order valence-electron chi connectivity index (χ0n) is 21.3. The first kappa shape index (κ1) is 22.3. The van der Waals surface area contributed by atoms with Gasteiger partial charge in [0, 0.05) is 31.5 Å². The Morgan fingerprint density at radius 3 is 1.77 bits per heavy atom. The standard InChI is InChI=1S/C37H25NS/c1-2-13-25(14-3-1)37(29-18-7-4-15-26(29)27-16-5-8-19-30(27)37)31-20-9-10-21-32(31)38-33-22-12-24-35-36(33)28-17-6-11-23-34(28)39-35/h1-24,38H. The summed E-state index contributed by atoms with van der Waals surface area (Å²) < 4.78 is 2.61. The minimum atomic E-state index is -0.442. The fourth-order valence-electron chi connectivity index (χ4n) is 6.62. The van der Waals surface area contributed by atoms with Crippen molar-refractivity contribution in [3.63, 3.8) is 0 Å². The molecule has 2 heteroatoms. The van der Waals surface area contributed by atoms with Crippen LogP contribution in [0.5, 0.6) is 0 Å². The fraction of sp³-hybridized carbons (Fsp3) is 0.0270. The molecule has 6 aromatic carbocycles. The van der Waals surface area contributed by atoms with Gasteiger partial charge >= 0.3 is 0 Å². The third-order valence-electron chi connectivity index (χ3n) is 8.16. The summed E-state index contributed by atoms with van der Waals surface area (Å²) in [5.74, 6) is 0. The Balaban J connectivity index is 1.42. The molecule has 39 heavy (non-hydrogen) atoms. The highest BCUT2D eigenvalue weighted by Crippen LogP contribution is 2.57. The van der Waals surface area contributed by atoms with Crippen molar-refractivity contribution >= 4 is 42.9 Å². The molecule has 1 aliphatic carbocycles. The van der Waals surface area contributed by atoms with Gasteiger partial charge in [-0.15, -0.1) is 11.3 Å². The van der Waals surface area contributed by atoms with Gasteiger partial charge in [-0.05, 0) is 57.6 Å². The number of thiophene rings is 1. The Morgan fingerprint density at radius 1 is 0.436 bits per heavy atom. The van der Waals surface area contributed by atoms with Crippen LogP contribution in [0.15, 0.2) is 146 Å². The molecule has 7 aromatic rings. The van der Waals surface area contributed by atoms with Gasteiger partial charge in [0.1, 0.15) is 0 Å². The first-order valence-corrected chi connectivity index (χ1v) is 14.2. The van der Waals surface area contributed by atoms with E-state index in [0.717, 1.165) is 11.4 Å². The molecular formula is C37H25NS. The average molecular weight is 516 g/mol. The normalized spacial score (nSPS) is 13.3. The third-order valence-corrected chi connectivity index (χ3v) is 9.30. The highest BCUT2D eigenvalue weighted by atomic mass is 32.1. The predicted octanol–water partition coefficient (Wildman–Crippen LogP) is 10.2. The number of para-hydroxylation sites is 1. The van der Waals surface area contributed by atoms with E-state index in [1.165, 1.54) is 53.6 Å². The van der Waals surface area contributed by atoms with Crippen molar-refractivity contribution in [2.45, 2.75) is 5.41 Å². The summed E-state index contributed by atoms with van der Waals surface area (Å²) in [5.41, 5.74) is 9.60. The van der Waals surface area contributed by atoms with Crippen LogP contribution in [0.1, 0.15) is 22.3 Å². The Kier molecular flexibility index (Phi) is 4.98. The molecule has 0 saturated heterocycles. The molecule has 0 amide bonds. The Labute approximate surface area is 232 Å². The second-order valence-corrected chi connectivity index (χ2v) is 11.2. The summed E-state index contributed by atoms with van der Waals surface area (Å²) in [6.45, 7) is 0. The number of anilines is 2. The monoisotopic (exact) mass is 515 g/mol. The van der Waals surface area contributed by atoms with E-state index in [-0.39, 0.29) is 0 Å². The molecule has 1 nitrogen and oxygen atoms in total. The molecule has 0 saturated carbocycles. The van der Waals surface area contributed by atoms with Crippen LogP contribution in [0, 0.1) is 0 Å². The van der Waals surface area contributed by atoms with Gasteiger partial charge in [-0.1, -0.05) is 121 Å². The molecule has 0 spiro atoms. The van der Waals surface area contributed by atoms with Crippen LogP contribution in [0.2, 0.25) is 0 Å². The molecule has 0 radical (unpaired) electrons. The number of nitrogens with one attached hydrogen (secondary N) is 1. The van der Waals surface area contributed by atoms with E-state index in [1.54, 1.807) is 0 Å². The first-order valence-electron chi connectivity index (χ1n) is 13.4. The van der Waals surface area contributed by atoms with Crippen molar-refractivity contribution in [2.75, 3.05) is 5.32 Å². The van der Waals surface area contributed by atoms with Crippen LogP contribution in [0.25, 0.3) is 31.3 Å². The van der Waals surface area contributed by atoms with Crippen LogP contribution in [0.4, 0.5) is 11.4 Å². The van der Waals surface area contributed by atoms with Gasteiger partial charge in [0.15, 0.2) is 0 Å². The van der Waals surface area contributed by atoms with Crippen molar-refractivity contribution < 1.29 is 0 Å². The number of rotatable bonds is 4. The van der Waals surface area contributed by atoms with Crippen molar-refractivity contribution in [2.24, 2.45) is 0 Å². The van der Waals surface area contributed by atoms with E-state index in [9.17, 15) is 0 Å². The molecule has 0 fully saturated rings. The lowest BCUT2D eigenvalue weighted by Crippen LogP contribution is -2.29. The lowest BCUT2D eigenvalue weighted by atomic mass is 9.67. The Bertz CT molecular complexity index is 1950. The number of fused-ring (bicyclic) bond motifs is 6. The highest BCUT2D eigenvalue weighted by Gasteiger charge is 2.46. The molecule has 184 valence electrons. The van der Waals surface area contributed by atoms with E-state index < -0.39 is 5.41 Å². The highest BCUT2D eigenvalue weighted by molar-refractivity contribution is 7.25. The zero-order chi connectivity index (χ0) is 25.8. The summed E-state index contributed by atoms with van der Waals surface area (Å²) in [7, 11) is 0. The predicted molar refractivity (Wildman–Crippen MR) is 166 cm³/mol. The van der Waals surface area contributed by atoms with Gasteiger partial charge in [-0.2, -0.15) is 0 Å². The molecule has 1 aliphatic rings. The smallest absolute Gasteiger partial charge is 0.0733 e. The van der Waals surface area contributed by atoms with Crippen LogP contribution in [0.3, 0.4) is 0 Å². The maximum absolute atomic E-state index is 3.93. The minimum absolute atomic E-state index is 0.442. The third kappa shape index (κ3) is 3.19. The van der Waals surface area contributed by atoms with Gasteiger partial charge in [0.25, 0.3) is 0 Å². The molecule has 0 atom stereocenters. The fourth-order valence-corrected chi connectivity index (χ4v) is 7.76. The van der Waals surface area contributed by atoms with E-state index in [0.29, 0.717) is 0 Å². The van der Waals surface area contributed by atoms with E-state index >= 15 is 0 Å². The van der Waals surface area contributed by atoms with Crippen molar-refractivity contribution in [3.8, 4) is 11.1 Å². The lowest BCUT2D eigenvalue weighted by Gasteiger charge is -2.35. The van der Waals surface area contributed by atoms with E-state index in [4.69, 9.17) is 0 Å². The quantitative estimate of drug-likeness (QED) is 0.246. The Morgan fingerprint density at radius 2 is 1.00 bits per heavy atom. The summed E-state index contributed by atoms with van der Waals surface area (Å²) in [4.78, 5) is 0. The summed E-state index contributed by atoms with van der Waals surface area (Å²) >= 11 is 1.85. The first-order chi connectivity index (χ1) is 19.4. The largest absolute Gasteiger partial charge is 0.355 e. The van der Waals surface area contributed by atoms with Crippen molar-refractivity contribution in [1.29, 1.82) is 0 Å². The molecule has 0 unspecified atom stereocenters. The molecular weight excluding hydrogens is 490 g/mol. The van der Waals surface area contributed by atoms with Crippen molar-refractivity contribution in [3.05, 3.63) is 168 Å². The number of hydrogen-bond donors (Lipinski definition) is 1. The minimum Gasteiger partial charge on any atom is -0.355 e. The van der Waals surface area contributed by atoms with Gasteiger partial charge in [0.2, 0.25) is 0 Å². The Hall–Kier alpha value is -4.66. The number of benzene rings is 6. The topological polar surface area (TPSA) is 12.0 Å². The summed E-state index contributed by atoms with van der Waals surface area (Å²) in [6, 6.07) is 53.0. The lowest BCUT2D eigenvalue weighted by molar-refractivity contribution is 0.771. The zero-order valence-corrected chi connectivity index (χ0v) is 22.1.